The molecule has 1 aliphatic rings. The minimum absolute atomic E-state index is 0.193. The molecule has 1 aliphatic heterocycles. The summed E-state index contributed by atoms with van der Waals surface area (Å²) in [5, 5.41) is 2.89. The van der Waals surface area contributed by atoms with Crippen molar-refractivity contribution >= 4 is 27.4 Å². The number of hydrogen-bond acceptors (Lipinski definition) is 5. The van der Waals surface area contributed by atoms with E-state index in [1.807, 2.05) is 6.07 Å². The van der Waals surface area contributed by atoms with Gasteiger partial charge in [0, 0.05) is 31.5 Å². The van der Waals surface area contributed by atoms with Crippen LogP contribution in [0.3, 0.4) is 0 Å². The first-order valence-electron chi connectivity index (χ1n) is 8.47. The fraction of sp³-hybridized carbons (Fsp3) is 0.333. The number of nitrogens with one attached hydrogen (secondary N) is 2. The van der Waals surface area contributed by atoms with Crippen LogP contribution in [-0.4, -0.2) is 38.7 Å². The van der Waals surface area contributed by atoms with Crippen LogP contribution in [0.1, 0.15) is 28.8 Å². The Morgan fingerprint density at radius 2 is 1.96 bits per heavy atom. The Balaban J connectivity index is 1.69. The van der Waals surface area contributed by atoms with E-state index in [1.54, 1.807) is 36.5 Å². The van der Waals surface area contributed by atoms with Crippen molar-refractivity contribution in [2.24, 2.45) is 0 Å². The molecule has 26 heavy (non-hydrogen) atoms. The number of nitrogens with zero attached hydrogens (tertiary/aromatic N) is 2. The largest absolute Gasteiger partial charge is 0.356 e. The number of pyridine rings is 1. The molecule has 138 valence electrons. The first kappa shape index (κ1) is 18.2. The van der Waals surface area contributed by atoms with Gasteiger partial charge in [0.2, 0.25) is 10.0 Å². The second-order valence-electron chi connectivity index (χ2n) is 6.33. The summed E-state index contributed by atoms with van der Waals surface area (Å²) >= 11 is 0. The Hall–Kier alpha value is -2.61. The molecule has 1 saturated heterocycles. The highest BCUT2D eigenvalue weighted by molar-refractivity contribution is 7.92. The summed E-state index contributed by atoms with van der Waals surface area (Å²) < 4.78 is 25.1. The van der Waals surface area contributed by atoms with Crippen molar-refractivity contribution in [3.8, 4) is 0 Å². The van der Waals surface area contributed by atoms with Gasteiger partial charge in [0.1, 0.15) is 5.82 Å². The Bertz CT molecular complexity index is 893. The van der Waals surface area contributed by atoms with E-state index in [2.05, 4.69) is 19.9 Å². The monoisotopic (exact) mass is 374 g/mol. The van der Waals surface area contributed by atoms with E-state index in [1.165, 1.54) is 0 Å². The van der Waals surface area contributed by atoms with Gasteiger partial charge >= 0.3 is 0 Å². The molecule has 2 heterocycles. The molecule has 0 saturated carbocycles. The molecular formula is C18H22N4O3S. The molecular weight excluding hydrogens is 352 g/mol. The van der Waals surface area contributed by atoms with E-state index in [9.17, 15) is 13.2 Å². The van der Waals surface area contributed by atoms with E-state index in [4.69, 9.17) is 0 Å². The molecule has 0 aliphatic carbocycles. The van der Waals surface area contributed by atoms with Crippen molar-refractivity contribution in [2.75, 3.05) is 29.0 Å². The number of carbonyl (C=O) groups is 1. The lowest BCUT2D eigenvalue weighted by atomic mass is 10.2. The van der Waals surface area contributed by atoms with E-state index < -0.39 is 10.0 Å². The van der Waals surface area contributed by atoms with E-state index in [0.29, 0.717) is 17.8 Å². The van der Waals surface area contributed by atoms with Crippen molar-refractivity contribution in [1.29, 1.82) is 0 Å². The number of rotatable bonds is 6. The lowest BCUT2D eigenvalue weighted by Gasteiger charge is -2.19. The maximum absolute atomic E-state index is 12.6. The lowest BCUT2D eigenvalue weighted by Crippen LogP contribution is -2.28. The molecule has 0 bridgehead atoms. The molecule has 0 spiro atoms. The molecule has 1 aromatic carbocycles. The highest BCUT2D eigenvalue weighted by atomic mass is 32.2. The smallest absolute Gasteiger partial charge is 0.255 e. The van der Waals surface area contributed by atoms with Gasteiger partial charge in [-0.15, -0.1) is 0 Å². The van der Waals surface area contributed by atoms with Crippen LogP contribution in [0.15, 0.2) is 42.6 Å². The van der Waals surface area contributed by atoms with Crippen LogP contribution in [0.5, 0.6) is 0 Å². The van der Waals surface area contributed by atoms with Crippen LogP contribution in [0.2, 0.25) is 0 Å². The summed E-state index contributed by atoms with van der Waals surface area (Å²) in [5.74, 6) is 0.525. The molecule has 0 radical (unpaired) electrons. The predicted molar refractivity (Wildman–Crippen MR) is 102 cm³/mol. The molecule has 2 N–H and O–H groups in total. The zero-order chi connectivity index (χ0) is 18.6. The maximum Gasteiger partial charge on any atom is 0.255 e. The normalized spacial score (nSPS) is 14.3. The average molecular weight is 374 g/mol. The van der Waals surface area contributed by atoms with Crippen LogP contribution in [-0.2, 0) is 16.6 Å². The Labute approximate surface area is 153 Å². The zero-order valence-corrected chi connectivity index (χ0v) is 15.4. The molecule has 7 nitrogen and oxygen atoms in total. The number of anilines is 2. The van der Waals surface area contributed by atoms with Crippen molar-refractivity contribution in [2.45, 2.75) is 19.4 Å². The summed E-state index contributed by atoms with van der Waals surface area (Å²) in [6.45, 7) is 2.12. The van der Waals surface area contributed by atoms with Gasteiger partial charge in [-0.3, -0.25) is 9.52 Å². The van der Waals surface area contributed by atoms with Crippen LogP contribution in [0.4, 0.5) is 11.5 Å². The fourth-order valence-corrected chi connectivity index (χ4v) is 3.55. The average Bonchev–Trinajstić information content (AvgIpc) is 3.13. The summed E-state index contributed by atoms with van der Waals surface area (Å²) in [6.07, 6.45) is 5.02. The van der Waals surface area contributed by atoms with Crippen molar-refractivity contribution < 1.29 is 13.2 Å². The van der Waals surface area contributed by atoms with Crippen molar-refractivity contribution in [3.05, 3.63) is 53.7 Å². The standard InChI is InChI=1S/C18H22N4O3S/c1-26(24,25)21-15-7-4-6-14(12-15)13-20-18(23)16-8-5-9-19-17(16)22-10-2-3-11-22/h4-9,12,21H,2-3,10-11,13H2,1H3,(H,20,23). The molecule has 0 atom stereocenters. The first-order chi connectivity index (χ1) is 12.4. The maximum atomic E-state index is 12.6. The van der Waals surface area contributed by atoms with Gasteiger partial charge in [0.25, 0.3) is 5.91 Å². The van der Waals surface area contributed by atoms with Crippen molar-refractivity contribution in [3.63, 3.8) is 0 Å². The summed E-state index contributed by atoms with van der Waals surface area (Å²) in [5.41, 5.74) is 1.83. The number of aromatic nitrogens is 1. The Morgan fingerprint density at radius 3 is 2.69 bits per heavy atom. The van der Waals surface area contributed by atoms with Crippen LogP contribution in [0, 0.1) is 0 Å². The number of sulfonamides is 1. The lowest BCUT2D eigenvalue weighted by molar-refractivity contribution is 0.0951. The van der Waals surface area contributed by atoms with Crippen molar-refractivity contribution in [1.82, 2.24) is 10.3 Å². The molecule has 1 amide bonds. The topological polar surface area (TPSA) is 91.4 Å². The molecule has 3 rings (SSSR count). The van der Waals surface area contributed by atoms with Gasteiger partial charge in [-0.1, -0.05) is 12.1 Å². The minimum Gasteiger partial charge on any atom is -0.356 e. The summed E-state index contributed by atoms with van der Waals surface area (Å²) in [4.78, 5) is 19.1. The number of amides is 1. The van der Waals surface area contributed by atoms with Gasteiger partial charge in [-0.25, -0.2) is 13.4 Å². The third-order valence-corrected chi connectivity index (χ3v) is 4.73. The van der Waals surface area contributed by atoms with Crippen LogP contribution >= 0.6 is 0 Å². The summed E-state index contributed by atoms with van der Waals surface area (Å²) in [7, 11) is -3.33. The van der Waals surface area contributed by atoms with E-state index in [-0.39, 0.29) is 5.91 Å². The van der Waals surface area contributed by atoms with E-state index >= 15 is 0 Å². The molecule has 2 aromatic rings. The minimum atomic E-state index is -3.33. The van der Waals surface area contributed by atoms with Gasteiger partial charge in [0.05, 0.1) is 11.8 Å². The SMILES string of the molecule is CS(=O)(=O)Nc1cccc(CNC(=O)c2cccnc2N2CCCC2)c1. The third-order valence-electron chi connectivity index (χ3n) is 4.12. The van der Waals surface area contributed by atoms with Gasteiger partial charge < -0.3 is 10.2 Å². The second-order valence-corrected chi connectivity index (χ2v) is 8.07. The van der Waals surface area contributed by atoms with E-state index in [0.717, 1.165) is 43.6 Å². The zero-order valence-electron chi connectivity index (χ0n) is 14.6. The quantitative estimate of drug-likeness (QED) is 0.807. The molecule has 1 aromatic heterocycles. The molecule has 8 heteroatoms. The second kappa shape index (κ2) is 7.74. The molecule has 0 unspecified atom stereocenters. The Morgan fingerprint density at radius 1 is 1.19 bits per heavy atom. The number of benzene rings is 1. The van der Waals surface area contributed by atoms with Crippen LogP contribution < -0.4 is 14.9 Å². The number of carbonyl (C=O) groups excluding carboxylic acids is 1. The van der Waals surface area contributed by atoms with Gasteiger partial charge in [-0.2, -0.15) is 0 Å². The summed E-state index contributed by atoms with van der Waals surface area (Å²) in [6, 6.07) is 10.5. The third kappa shape index (κ3) is 4.72. The highest BCUT2D eigenvalue weighted by Crippen LogP contribution is 2.22. The highest BCUT2D eigenvalue weighted by Gasteiger charge is 2.20. The van der Waals surface area contributed by atoms with Gasteiger partial charge in [-0.05, 0) is 42.7 Å². The fourth-order valence-electron chi connectivity index (χ4n) is 2.99. The predicted octanol–water partition coefficient (Wildman–Crippen LogP) is 1.98. The Kier molecular flexibility index (Phi) is 5.41. The number of hydrogen-bond donors (Lipinski definition) is 2. The molecule has 1 fully saturated rings. The van der Waals surface area contributed by atoms with Crippen LogP contribution in [0.25, 0.3) is 0 Å². The van der Waals surface area contributed by atoms with Gasteiger partial charge in [0.15, 0.2) is 0 Å². The first-order valence-corrected chi connectivity index (χ1v) is 10.4.